The monoisotopic (exact) mass is 345 g/mol. The molecule has 24 heavy (non-hydrogen) atoms. The lowest BCUT2D eigenvalue weighted by Crippen LogP contribution is -2.13. The fourth-order valence-electron chi connectivity index (χ4n) is 2.35. The minimum atomic E-state index is -0.0146. The van der Waals surface area contributed by atoms with Gasteiger partial charge >= 0.3 is 0 Å². The van der Waals surface area contributed by atoms with Gasteiger partial charge in [-0.25, -0.2) is 0 Å². The fraction of sp³-hybridized carbons (Fsp3) is 0.350. The van der Waals surface area contributed by atoms with Gasteiger partial charge in [-0.15, -0.1) is 0 Å². The second kappa shape index (κ2) is 8.74. The Balaban J connectivity index is 1.72. The molecule has 0 saturated carbocycles. The van der Waals surface area contributed by atoms with Crippen LogP contribution in [0.3, 0.4) is 0 Å². The zero-order valence-corrected chi connectivity index (χ0v) is 15.2. The summed E-state index contributed by atoms with van der Waals surface area (Å²) in [5.74, 6) is 1.34. The number of rotatable bonds is 7. The minimum Gasteiger partial charge on any atom is -0.494 e. The first kappa shape index (κ1) is 18.3. The Morgan fingerprint density at radius 3 is 2.50 bits per heavy atom. The molecule has 128 valence electrons. The van der Waals surface area contributed by atoms with Crippen molar-refractivity contribution >= 4 is 23.2 Å². The summed E-state index contributed by atoms with van der Waals surface area (Å²) in [5.41, 5.74) is 3.05. The van der Waals surface area contributed by atoms with E-state index in [0.717, 1.165) is 17.0 Å². The van der Waals surface area contributed by atoms with Crippen molar-refractivity contribution in [3.8, 4) is 5.75 Å². The van der Waals surface area contributed by atoms with Crippen molar-refractivity contribution in [3.05, 3.63) is 58.6 Å². The van der Waals surface area contributed by atoms with Gasteiger partial charge in [0.1, 0.15) is 5.75 Å². The molecule has 0 aliphatic rings. The van der Waals surface area contributed by atoms with Crippen LogP contribution in [0.4, 0.5) is 5.69 Å². The lowest BCUT2D eigenvalue weighted by Gasteiger charge is -2.10. The topological polar surface area (TPSA) is 38.3 Å². The predicted molar refractivity (Wildman–Crippen MR) is 100 cm³/mol. The quantitative estimate of drug-likeness (QED) is 0.666. The van der Waals surface area contributed by atoms with Crippen LogP contribution in [0.5, 0.6) is 5.75 Å². The Kier molecular flexibility index (Phi) is 6.68. The van der Waals surface area contributed by atoms with E-state index in [1.165, 1.54) is 5.56 Å². The highest BCUT2D eigenvalue weighted by molar-refractivity contribution is 6.30. The van der Waals surface area contributed by atoms with Crippen molar-refractivity contribution in [2.24, 2.45) is 0 Å². The van der Waals surface area contributed by atoms with Crippen LogP contribution in [0, 0.1) is 6.92 Å². The number of ether oxygens (including phenoxy) is 1. The molecule has 0 fully saturated rings. The number of carbonyl (C=O) groups is 1. The van der Waals surface area contributed by atoms with E-state index >= 15 is 0 Å². The maximum Gasteiger partial charge on any atom is 0.224 e. The number of nitrogens with one attached hydrogen (secondary N) is 1. The predicted octanol–water partition coefficient (Wildman–Crippen LogP) is 5.57. The molecule has 0 saturated heterocycles. The Hall–Kier alpha value is -2.00. The summed E-state index contributed by atoms with van der Waals surface area (Å²) in [7, 11) is 0. The number of hydrogen-bond acceptors (Lipinski definition) is 2. The van der Waals surface area contributed by atoms with Crippen molar-refractivity contribution in [1.82, 2.24) is 0 Å². The van der Waals surface area contributed by atoms with Crippen molar-refractivity contribution in [2.75, 3.05) is 11.9 Å². The standard InChI is InChI=1S/C20H24ClNO2/c1-14(2)16-6-9-18(10-7-16)24-12-4-5-20(23)22-19-11-8-17(21)13-15(19)3/h6-11,13-14H,4-5,12H2,1-3H3,(H,22,23). The first-order valence-electron chi connectivity index (χ1n) is 8.24. The molecule has 0 unspecified atom stereocenters. The first-order chi connectivity index (χ1) is 11.5. The van der Waals surface area contributed by atoms with Crippen molar-refractivity contribution in [2.45, 2.75) is 39.5 Å². The third kappa shape index (κ3) is 5.57. The van der Waals surface area contributed by atoms with Gasteiger partial charge in [0.2, 0.25) is 5.91 Å². The number of benzene rings is 2. The molecular formula is C20H24ClNO2. The van der Waals surface area contributed by atoms with Gasteiger partial charge in [-0.1, -0.05) is 37.6 Å². The molecule has 0 spiro atoms. The second-order valence-corrected chi connectivity index (χ2v) is 6.62. The average Bonchev–Trinajstić information content (AvgIpc) is 2.55. The molecular weight excluding hydrogens is 322 g/mol. The summed E-state index contributed by atoms with van der Waals surface area (Å²) in [5, 5.41) is 3.57. The summed E-state index contributed by atoms with van der Waals surface area (Å²) >= 11 is 5.91. The highest BCUT2D eigenvalue weighted by atomic mass is 35.5. The van der Waals surface area contributed by atoms with E-state index in [1.807, 2.05) is 31.2 Å². The summed E-state index contributed by atoms with van der Waals surface area (Å²) in [6, 6.07) is 13.5. The summed E-state index contributed by atoms with van der Waals surface area (Å²) in [6.45, 7) is 6.77. The molecule has 0 bridgehead atoms. The van der Waals surface area contributed by atoms with Gasteiger partial charge in [0.05, 0.1) is 6.61 Å². The van der Waals surface area contributed by atoms with Crippen LogP contribution in [0.25, 0.3) is 0 Å². The van der Waals surface area contributed by atoms with Gasteiger partial charge < -0.3 is 10.1 Å². The Morgan fingerprint density at radius 2 is 1.88 bits per heavy atom. The average molecular weight is 346 g/mol. The third-order valence-electron chi connectivity index (χ3n) is 3.83. The molecule has 1 amide bonds. The van der Waals surface area contributed by atoms with Crippen LogP contribution in [-0.4, -0.2) is 12.5 Å². The number of amides is 1. The number of aryl methyl sites for hydroxylation is 1. The number of carbonyl (C=O) groups excluding carboxylic acids is 1. The van der Waals surface area contributed by atoms with E-state index in [1.54, 1.807) is 6.07 Å². The zero-order valence-electron chi connectivity index (χ0n) is 14.4. The summed E-state index contributed by atoms with van der Waals surface area (Å²) in [4.78, 5) is 12.0. The summed E-state index contributed by atoms with van der Waals surface area (Å²) < 4.78 is 5.68. The minimum absolute atomic E-state index is 0.0146. The van der Waals surface area contributed by atoms with Crippen molar-refractivity contribution in [1.29, 1.82) is 0 Å². The summed E-state index contributed by atoms with van der Waals surface area (Å²) in [6.07, 6.45) is 1.09. The first-order valence-corrected chi connectivity index (χ1v) is 8.62. The van der Waals surface area contributed by atoms with Gasteiger partial charge in [0, 0.05) is 17.1 Å². The molecule has 4 heteroatoms. The fourth-order valence-corrected chi connectivity index (χ4v) is 2.58. The van der Waals surface area contributed by atoms with Gasteiger partial charge in [-0.05, 0) is 60.7 Å². The Bertz CT molecular complexity index is 681. The maximum atomic E-state index is 12.0. The van der Waals surface area contributed by atoms with E-state index < -0.39 is 0 Å². The number of hydrogen-bond donors (Lipinski definition) is 1. The van der Waals surface area contributed by atoms with E-state index in [2.05, 4.69) is 31.3 Å². The molecule has 1 N–H and O–H groups in total. The third-order valence-corrected chi connectivity index (χ3v) is 4.06. The largest absolute Gasteiger partial charge is 0.494 e. The van der Waals surface area contributed by atoms with Gasteiger partial charge in [-0.3, -0.25) is 4.79 Å². The van der Waals surface area contributed by atoms with Crippen molar-refractivity contribution in [3.63, 3.8) is 0 Å². The van der Waals surface area contributed by atoms with Crippen molar-refractivity contribution < 1.29 is 9.53 Å². The molecule has 3 nitrogen and oxygen atoms in total. The zero-order chi connectivity index (χ0) is 17.5. The molecule has 0 aromatic heterocycles. The lowest BCUT2D eigenvalue weighted by atomic mass is 10.0. The van der Waals surface area contributed by atoms with Gasteiger partial charge in [0.25, 0.3) is 0 Å². The molecule has 0 heterocycles. The molecule has 2 rings (SSSR count). The van der Waals surface area contributed by atoms with Crippen LogP contribution in [0.15, 0.2) is 42.5 Å². The SMILES string of the molecule is Cc1cc(Cl)ccc1NC(=O)CCCOc1ccc(C(C)C)cc1. The van der Waals surface area contributed by atoms with E-state index in [0.29, 0.717) is 30.4 Å². The lowest BCUT2D eigenvalue weighted by molar-refractivity contribution is -0.116. The van der Waals surface area contributed by atoms with E-state index in [9.17, 15) is 4.79 Å². The maximum absolute atomic E-state index is 12.0. The Labute approximate surface area is 149 Å². The Morgan fingerprint density at radius 1 is 1.17 bits per heavy atom. The normalized spacial score (nSPS) is 10.7. The smallest absolute Gasteiger partial charge is 0.224 e. The number of anilines is 1. The second-order valence-electron chi connectivity index (χ2n) is 6.18. The van der Waals surface area contributed by atoms with Crippen LogP contribution < -0.4 is 10.1 Å². The van der Waals surface area contributed by atoms with E-state index in [4.69, 9.17) is 16.3 Å². The highest BCUT2D eigenvalue weighted by Gasteiger charge is 2.06. The molecule has 2 aromatic carbocycles. The molecule has 2 aromatic rings. The van der Waals surface area contributed by atoms with Crippen LogP contribution in [0.1, 0.15) is 43.7 Å². The van der Waals surface area contributed by atoms with Crippen LogP contribution in [-0.2, 0) is 4.79 Å². The molecule has 0 atom stereocenters. The number of halogens is 1. The van der Waals surface area contributed by atoms with Crippen LogP contribution in [0.2, 0.25) is 5.02 Å². The van der Waals surface area contributed by atoms with Gasteiger partial charge in [0.15, 0.2) is 0 Å². The van der Waals surface area contributed by atoms with Crippen LogP contribution >= 0.6 is 11.6 Å². The van der Waals surface area contributed by atoms with Gasteiger partial charge in [-0.2, -0.15) is 0 Å². The molecule has 0 aliphatic heterocycles. The van der Waals surface area contributed by atoms with E-state index in [-0.39, 0.29) is 5.91 Å². The molecule has 0 aliphatic carbocycles. The molecule has 0 radical (unpaired) electrons. The highest BCUT2D eigenvalue weighted by Crippen LogP contribution is 2.20.